The van der Waals surface area contributed by atoms with Crippen molar-refractivity contribution in [2.75, 3.05) is 19.8 Å². The van der Waals surface area contributed by atoms with E-state index in [0.717, 1.165) is 19.3 Å². The molecule has 1 atom stereocenters. The molecule has 0 radical (unpaired) electrons. The molecule has 2 aliphatic rings. The SMILES string of the molecule is O=S(=O)(c1ccc(Cl)cc1)N1CCCC[C@H]1C1OCCO1. The average molecular weight is 332 g/mol. The van der Waals surface area contributed by atoms with Gasteiger partial charge in [-0.25, -0.2) is 8.42 Å². The van der Waals surface area contributed by atoms with Crippen LogP contribution in [0.3, 0.4) is 0 Å². The molecule has 0 amide bonds. The zero-order valence-corrected chi connectivity index (χ0v) is 13.1. The number of piperidine rings is 1. The summed E-state index contributed by atoms with van der Waals surface area (Å²) in [6, 6.07) is 6.02. The molecule has 0 unspecified atom stereocenters. The summed E-state index contributed by atoms with van der Waals surface area (Å²) in [6.07, 6.45) is 2.15. The molecule has 21 heavy (non-hydrogen) atoms. The minimum absolute atomic E-state index is 0.248. The van der Waals surface area contributed by atoms with Gasteiger partial charge in [-0.1, -0.05) is 18.0 Å². The quantitative estimate of drug-likeness (QED) is 0.852. The van der Waals surface area contributed by atoms with Crippen LogP contribution in [0.4, 0.5) is 0 Å². The van der Waals surface area contributed by atoms with E-state index in [0.29, 0.717) is 24.8 Å². The van der Waals surface area contributed by atoms with Crippen LogP contribution in [0.25, 0.3) is 0 Å². The summed E-state index contributed by atoms with van der Waals surface area (Å²) >= 11 is 5.83. The predicted molar refractivity (Wildman–Crippen MR) is 78.7 cm³/mol. The van der Waals surface area contributed by atoms with Crippen molar-refractivity contribution in [1.29, 1.82) is 0 Å². The van der Waals surface area contributed by atoms with E-state index in [4.69, 9.17) is 21.1 Å². The van der Waals surface area contributed by atoms with E-state index < -0.39 is 16.3 Å². The second kappa shape index (κ2) is 6.22. The van der Waals surface area contributed by atoms with Crippen LogP contribution in [0.2, 0.25) is 5.02 Å². The molecular weight excluding hydrogens is 314 g/mol. The molecule has 2 fully saturated rings. The van der Waals surface area contributed by atoms with Crippen molar-refractivity contribution < 1.29 is 17.9 Å². The Labute approximate surface area is 129 Å². The van der Waals surface area contributed by atoms with Gasteiger partial charge in [0.15, 0.2) is 6.29 Å². The third-order valence-electron chi connectivity index (χ3n) is 3.88. The summed E-state index contributed by atoms with van der Waals surface area (Å²) in [5.74, 6) is 0. The molecular formula is C14H18ClNO4S. The Bertz CT molecular complexity index is 583. The van der Waals surface area contributed by atoms with Crippen molar-refractivity contribution in [2.24, 2.45) is 0 Å². The molecule has 0 aliphatic carbocycles. The highest BCUT2D eigenvalue weighted by Gasteiger charge is 2.40. The lowest BCUT2D eigenvalue weighted by molar-refractivity contribution is -0.0913. The lowest BCUT2D eigenvalue weighted by Crippen LogP contribution is -2.50. The van der Waals surface area contributed by atoms with E-state index in [2.05, 4.69) is 0 Å². The van der Waals surface area contributed by atoms with Gasteiger partial charge >= 0.3 is 0 Å². The van der Waals surface area contributed by atoms with Crippen LogP contribution >= 0.6 is 11.6 Å². The fraction of sp³-hybridized carbons (Fsp3) is 0.571. The van der Waals surface area contributed by atoms with Crippen LogP contribution in [-0.2, 0) is 19.5 Å². The van der Waals surface area contributed by atoms with Gasteiger partial charge in [0.25, 0.3) is 0 Å². The summed E-state index contributed by atoms with van der Waals surface area (Å²) in [5.41, 5.74) is 0. The second-order valence-electron chi connectivity index (χ2n) is 5.24. The first-order valence-corrected chi connectivity index (χ1v) is 8.91. The van der Waals surface area contributed by atoms with Crippen molar-refractivity contribution in [3.05, 3.63) is 29.3 Å². The fourth-order valence-corrected chi connectivity index (χ4v) is 4.65. The van der Waals surface area contributed by atoms with E-state index in [1.807, 2.05) is 0 Å². The van der Waals surface area contributed by atoms with Crippen LogP contribution in [0.15, 0.2) is 29.2 Å². The Balaban J connectivity index is 1.89. The van der Waals surface area contributed by atoms with Crippen molar-refractivity contribution in [3.8, 4) is 0 Å². The summed E-state index contributed by atoms with van der Waals surface area (Å²) in [6.45, 7) is 1.55. The van der Waals surface area contributed by atoms with Gasteiger partial charge in [0.1, 0.15) is 0 Å². The van der Waals surface area contributed by atoms with Gasteiger partial charge in [0.05, 0.1) is 24.2 Å². The Morgan fingerprint density at radius 3 is 2.43 bits per heavy atom. The third-order valence-corrected chi connectivity index (χ3v) is 6.07. The monoisotopic (exact) mass is 331 g/mol. The van der Waals surface area contributed by atoms with Crippen LogP contribution in [0.1, 0.15) is 19.3 Å². The number of sulfonamides is 1. The molecule has 0 aromatic heterocycles. The first kappa shape index (κ1) is 15.2. The maximum absolute atomic E-state index is 12.8. The number of hydrogen-bond acceptors (Lipinski definition) is 4. The Morgan fingerprint density at radius 2 is 1.76 bits per heavy atom. The average Bonchev–Trinajstić information content (AvgIpc) is 3.02. The number of rotatable bonds is 3. The molecule has 0 N–H and O–H groups in total. The lowest BCUT2D eigenvalue weighted by Gasteiger charge is -2.36. The van der Waals surface area contributed by atoms with Crippen molar-refractivity contribution in [2.45, 2.75) is 36.5 Å². The van der Waals surface area contributed by atoms with Gasteiger partial charge in [-0.15, -0.1) is 0 Å². The van der Waals surface area contributed by atoms with Crippen molar-refractivity contribution in [3.63, 3.8) is 0 Å². The summed E-state index contributed by atoms with van der Waals surface area (Å²) in [5, 5.41) is 0.520. The molecule has 1 aromatic carbocycles. The lowest BCUT2D eigenvalue weighted by atomic mass is 10.0. The molecule has 7 heteroatoms. The Morgan fingerprint density at radius 1 is 1.10 bits per heavy atom. The number of ether oxygens (including phenoxy) is 2. The summed E-state index contributed by atoms with van der Waals surface area (Å²) in [4.78, 5) is 0.261. The van der Waals surface area contributed by atoms with Gasteiger partial charge in [0.2, 0.25) is 10.0 Å². The number of hydrogen-bond donors (Lipinski definition) is 0. The minimum atomic E-state index is -3.55. The number of benzene rings is 1. The highest BCUT2D eigenvalue weighted by molar-refractivity contribution is 7.89. The molecule has 3 rings (SSSR count). The standard InChI is InChI=1S/C14H18ClNO4S/c15-11-4-6-12(7-5-11)21(17,18)16-8-2-1-3-13(16)14-19-9-10-20-14/h4-7,13-14H,1-3,8-10H2/t13-/m0/s1. The van der Waals surface area contributed by atoms with Gasteiger partial charge in [0, 0.05) is 11.6 Å². The van der Waals surface area contributed by atoms with Crippen molar-refractivity contribution >= 4 is 21.6 Å². The summed E-state index contributed by atoms with van der Waals surface area (Å²) in [7, 11) is -3.55. The highest BCUT2D eigenvalue weighted by atomic mass is 35.5. The van der Waals surface area contributed by atoms with E-state index in [9.17, 15) is 8.42 Å². The van der Waals surface area contributed by atoms with Gasteiger partial charge in [-0.05, 0) is 37.1 Å². The molecule has 0 bridgehead atoms. The van der Waals surface area contributed by atoms with Crippen LogP contribution in [0, 0.1) is 0 Å². The zero-order valence-electron chi connectivity index (χ0n) is 11.6. The molecule has 0 spiro atoms. The Kier molecular flexibility index (Phi) is 4.51. The van der Waals surface area contributed by atoms with Crippen molar-refractivity contribution in [1.82, 2.24) is 4.31 Å². The normalized spacial score (nSPS) is 25.3. The predicted octanol–water partition coefficient (Wildman–Crippen LogP) is 2.26. The van der Waals surface area contributed by atoms with Gasteiger partial charge < -0.3 is 9.47 Å². The van der Waals surface area contributed by atoms with Crippen LogP contribution < -0.4 is 0 Å². The molecule has 1 aromatic rings. The maximum Gasteiger partial charge on any atom is 0.243 e. The number of nitrogens with zero attached hydrogens (tertiary/aromatic N) is 1. The first-order valence-electron chi connectivity index (χ1n) is 7.10. The fourth-order valence-electron chi connectivity index (χ4n) is 2.84. The smallest absolute Gasteiger partial charge is 0.243 e. The Hall–Kier alpha value is -0.660. The van der Waals surface area contributed by atoms with Crippen LogP contribution in [-0.4, -0.2) is 44.8 Å². The molecule has 2 aliphatic heterocycles. The second-order valence-corrected chi connectivity index (χ2v) is 7.57. The largest absolute Gasteiger partial charge is 0.349 e. The zero-order chi connectivity index (χ0) is 14.9. The molecule has 5 nitrogen and oxygen atoms in total. The first-order chi connectivity index (χ1) is 10.1. The number of halogens is 1. The molecule has 0 saturated carbocycles. The highest BCUT2D eigenvalue weighted by Crippen LogP contribution is 2.30. The van der Waals surface area contributed by atoms with E-state index >= 15 is 0 Å². The molecule has 2 saturated heterocycles. The van der Waals surface area contributed by atoms with Gasteiger partial charge in [-0.2, -0.15) is 4.31 Å². The summed E-state index contributed by atoms with van der Waals surface area (Å²) < 4.78 is 38.2. The third kappa shape index (κ3) is 3.10. The van der Waals surface area contributed by atoms with Crippen LogP contribution in [0.5, 0.6) is 0 Å². The molecule has 116 valence electrons. The topological polar surface area (TPSA) is 55.8 Å². The molecule has 2 heterocycles. The van der Waals surface area contributed by atoms with Gasteiger partial charge in [-0.3, -0.25) is 0 Å². The maximum atomic E-state index is 12.8. The minimum Gasteiger partial charge on any atom is -0.349 e. The van der Waals surface area contributed by atoms with E-state index in [1.165, 1.54) is 4.31 Å². The van der Waals surface area contributed by atoms with E-state index in [-0.39, 0.29) is 10.9 Å². The van der Waals surface area contributed by atoms with E-state index in [1.54, 1.807) is 24.3 Å².